The number of carbonyl (C=O) groups is 1. The van der Waals surface area contributed by atoms with Crippen molar-refractivity contribution in [2.45, 2.75) is 19.9 Å². The van der Waals surface area contributed by atoms with Gasteiger partial charge in [0.2, 0.25) is 0 Å². The smallest absolute Gasteiger partial charge is 0.276 e. The first-order valence-corrected chi connectivity index (χ1v) is 8.63. The van der Waals surface area contributed by atoms with Gasteiger partial charge in [-0.3, -0.25) is 4.79 Å². The molecule has 2 saturated heterocycles. The van der Waals surface area contributed by atoms with Crippen LogP contribution >= 0.6 is 0 Å². The molecule has 1 atom stereocenters. The van der Waals surface area contributed by atoms with Crippen LogP contribution in [0.3, 0.4) is 0 Å². The van der Waals surface area contributed by atoms with E-state index in [2.05, 4.69) is 10.3 Å². The van der Waals surface area contributed by atoms with Crippen molar-refractivity contribution in [2.24, 2.45) is 11.8 Å². The zero-order chi connectivity index (χ0) is 17.4. The molecule has 0 N–H and O–H groups in total. The number of likely N-dealkylation sites (tertiary alicyclic amines) is 1. The van der Waals surface area contributed by atoms with Crippen molar-refractivity contribution in [3.63, 3.8) is 0 Å². The van der Waals surface area contributed by atoms with Gasteiger partial charge in [-0.1, -0.05) is 17.3 Å². The minimum Gasteiger partial charge on any atom is -0.381 e. The molecular weight excluding hydrogens is 323 g/mol. The third-order valence-electron chi connectivity index (χ3n) is 5.26. The van der Waals surface area contributed by atoms with Crippen LogP contribution in [0.5, 0.6) is 0 Å². The van der Waals surface area contributed by atoms with Crippen molar-refractivity contribution < 1.29 is 13.9 Å². The van der Waals surface area contributed by atoms with Gasteiger partial charge in [0.25, 0.3) is 5.91 Å². The lowest BCUT2D eigenvalue weighted by Crippen LogP contribution is -2.53. The lowest BCUT2D eigenvalue weighted by Gasteiger charge is -2.41. The molecule has 132 valence electrons. The van der Waals surface area contributed by atoms with Gasteiger partial charge in [-0.15, -0.1) is 5.10 Å². The zero-order valence-corrected chi connectivity index (χ0v) is 14.2. The molecule has 7 heteroatoms. The fourth-order valence-electron chi connectivity index (χ4n) is 3.52. The Bertz CT molecular complexity index is 762. The number of aromatic nitrogens is 3. The van der Waals surface area contributed by atoms with Crippen LogP contribution in [0, 0.1) is 24.6 Å². The maximum absolute atomic E-state index is 13.0. The topological polar surface area (TPSA) is 60.3 Å². The third-order valence-corrected chi connectivity index (χ3v) is 5.26. The molecule has 1 amide bonds. The molecule has 3 heterocycles. The minimum atomic E-state index is -0.269. The van der Waals surface area contributed by atoms with E-state index in [1.54, 1.807) is 16.8 Å². The number of benzene rings is 1. The number of halogens is 1. The largest absolute Gasteiger partial charge is 0.381 e. The predicted molar refractivity (Wildman–Crippen MR) is 88.6 cm³/mol. The van der Waals surface area contributed by atoms with Crippen LogP contribution in [-0.4, -0.2) is 52.1 Å². The normalized spacial score (nSPS) is 20.7. The molecule has 0 aliphatic carbocycles. The fraction of sp³-hybridized carbons (Fsp3) is 0.500. The molecule has 2 fully saturated rings. The Morgan fingerprint density at radius 1 is 1.28 bits per heavy atom. The maximum Gasteiger partial charge on any atom is 0.276 e. The number of carbonyl (C=O) groups excluding carboxylic acids is 1. The summed E-state index contributed by atoms with van der Waals surface area (Å²) in [5.74, 6) is 0.799. The summed E-state index contributed by atoms with van der Waals surface area (Å²) in [5.41, 5.74) is 2.06. The maximum atomic E-state index is 13.0. The average molecular weight is 344 g/mol. The van der Waals surface area contributed by atoms with Crippen LogP contribution in [-0.2, 0) is 11.3 Å². The summed E-state index contributed by atoms with van der Waals surface area (Å²) in [6.07, 6.45) is 1.10. The summed E-state index contributed by atoms with van der Waals surface area (Å²) in [5, 5.41) is 8.18. The van der Waals surface area contributed by atoms with Crippen LogP contribution in [0.1, 0.15) is 28.2 Å². The Kier molecular flexibility index (Phi) is 4.25. The van der Waals surface area contributed by atoms with Crippen LogP contribution in [0.25, 0.3) is 0 Å². The lowest BCUT2D eigenvalue weighted by molar-refractivity contribution is 0.0335. The van der Waals surface area contributed by atoms with Gasteiger partial charge >= 0.3 is 0 Å². The Labute approximate surface area is 145 Å². The van der Waals surface area contributed by atoms with Gasteiger partial charge in [-0.2, -0.15) is 0 Å². The van der Waals surface area contributed by atoms with Crippen molar-refractivity contribution in [3.05, 3.63) is 47.0 Å². The number of nitrogens with zero attached hydrogens (tertiary/aromatic N) is 4. The van der Waals surface area contributed by atoms with Crippen molar-refractivity contribution in [3.8, 4) is 0 Å². The Balaban J connectivity index is 1.40. The number of amides is 1. The SMILES string of the molecule is Cc1c(C(=O)N2CC(C3CCOC3)C2)nnn1Cc1ccc(F)cc1. The Morgan fingerprint density at radius 2 is 2.04 bits per heavy atom. The molecule has 2 aliphatic heterocycles. The van der Waals surface area contributed by atoms with Crippen LogP contribution < -0.4 is 0 Å². The molecule has 2 aliphatic rings. The van der Waals surface area contributed by atoms with Gasteiger partial charge in [0.15, 0.2) is 5.69 Å². The standard InChI is InChI=1S/C18H21FN4O2/c1-12-17(18(24)22-9-15(10-22)14-6-7-25-11-14)20-21-23(12)8-13-2-4-16(19)5-3-13/h2-5,14-15H,6-11H2,1H3. The van der Waals surface area contributed by atoms with Crippen molar-refractivity contribution in [1.82, 2.24) is 19.9 Å². The third kappa shape index (κ3) is 3.16. The first-order valence-electron chi connectivity index (χ1n) is 8.63. The van der Waals surface area contributed by atoms with Crippen molar-refractivity contribution in [2.75, 3.05) is 26.3 Å². The summed E-state index contributed by atoms with van der Waals surface area (Å²) in [6.45, 7) is 5.52. The van der Waals surface area contributed by atoms with E-state index >= 15 is 0 Å². The van der Waals surface area contributed by atoms with E-state index in [0.29, 0.717) is 24.1 Å². The molecule has 0 radical (unpaired) electrons. The molecule has 1 aromatic heterocycles. The second-order valence-electron chi connectivity index (χ2n) is 6.90. The minimum absolute atomic E-state index is 0.0574. The highest BCUT2D eigenvalue weighted by atomic mass is 19.1. The van der Waals surface area contributed by atoms with Gasteiger partial charge < -0.3 is 9.64 Å². The molecule has 1 aromatic carbocycles. The number of hydrogen-bond donors (Lipinski definition) is 0. The summed E-state index contributed by atoms with van der Waals surface area (Å²) >= 11 is 0. The first-order chi connectivity index (χ1) is 12.1. The lowest BCUT2D eigenvalue weighted by atomic mass is 9.85. The van der Waals surface area contributed by atoms with E-state index in [4.69, 9.17) is 4.74 Å². The van der Waals surface area contributed by atoms with E-state index < -0.39 is 0 Å². The molecular formula is C18H21FN4O2. The molecule has 0 spiro atoms. The monoisotopic (exact) mass is 344 g/mol. The highest BCUT2D eigenvalue weighted by Crippen LogP contribution is 2.30. The molecule has 0 saturated carbocycles. The van der Waals surface area contributed by atoms with E-state index in [1.165, 1.54) is 12.1 Å². The fourth-order valence-corrected chi connectivity index (χ4v) is 3.52. The van der Waals surface area contributed by atoms with Gasteiger partial charge in [0.05, 0.1) is 12.2 Å². The van der Waals surface area contributed by atoms with Gasteiger partial charge in [-0.05, 0) is 42.9 Å². The second-order valence-corrected chi connectivity index (χ2v) is 6.90. The summed E-state index contributed by atoms with van der Waals surface area (Å²) in [4.78, 5) is 14.5. The average Bonchev–Trinajstić information content (AvgIpc) is 3.19. The van der Waals surface area contributed by atoms with Gasteiger partial charge in [0.1, 0.15) is 5.82 Å². The molecule has 1 unspecified atom stereocenters. The van der Waals surface area contributed by atoms with Crippen molar-refractivity contribution in [1.29, 1.82) is 0 Å². The summed E-state index contributed by atoms with van der Waals surface area (Å²) < 4.78 is 20.1. The number of rotatable bonds is 4. The molecule has 4 rings (SSSR count). The van der Waals surface area contributed by atoms with Gasteiger partial charge in [0, 0.05) is 26.3 Å². The van der Waals surface area contributed by atoms with Crippen LogP contribution in [0.4, 0.5) is 4.39 Å². The Morgan fingerprint density at radius 3 is 2.72 bits per heavy atom. The first kappa shape index (κ1) is 16.2. The highest BCUT2D eigenvalue weighted by molar-refractivity contribution is 5.93. The van der Waals surface area contributed by atoms with Crippen molar-refractivity contribution >= 4 is 5.91 Å². The predicted octanol–water partition coefficient (Wildman–Crippen LogP) is 1.88. The van der Waals surface area contributed by atoms with E-state index in [1.807, 2.05) is 11.8 Å². The molecule has 6 nitrogen and oxygen atoms in total. The Hall–Kier alpha value is -2.28. The molecule has 0 bridgehead atoms. The van der Waals surface area contributed by atoms with E-state index in [9.17, 15) is 9.18 Å². The van der Waals surface area contributed by atoms with E-state index in [-0.39, 0.29) is 11.7 Å². The quantitative estimate of drug-likeness (QED) is 0.850. The molecule has 25 heavy (non-hydrogen) atoms. The summed E-state index contributed by atoms with van der Waals surface area (Å²) in [7, 11) is 0. The van der Waals surface area contributed by atoms with Gasteiger partial charge in [-0.25, -0.2) is 9.07 Å². The molecule has 2 aromatic rings. The van der Waals surface area contributed by atoms with E-state index in [0.717, 1.165) is 44.0 Å². The number of hydrogen-bond acceptors (Lipinski definition) is 4. The number of ether oxygens (including phenoxy) is 1. The van der Waals surface area contributed by atoms with Crippen LogP contribution in [0.2, 0.25) is 0 Å². The second kappa shape index (κ2) is 6.55. The zero-order valence-electron chi connectivity index (χ0n) is 14.2. The van der Waals surface area contributed by atoms with Crippen LogP contribution in [0.15, 0.2) is 24.3 Å². The highest BCUT2D eigenvalue weighted by Gasteiger charge is 2.39. The summed E-state index contributed by atoms with van der Waals surface area (Å²) in [6, 6.07) is 6.25.